The Kier molecular flexibility index (Phi) is 4.70. The van der Waals surface area contributed by atoms with Crippen LogP contribution in [0.2, 0.25) is 5.02 Å². The Morgan fingerprint density at radius 3 is 2.50 bits per heavy atom. The summed E-state index contributed by atoms with van der Waals surface area (Å²) in [6.07, 6.45) is -3.17. The first-order valence-electron chi connectivity index (χ1n) is 7.66. The zero-order chi connectivity index (χ0) is 19.1. The predicted octanol–water partition coefficient (Wildman–Crippen LogP) is 3.69. The highest BCUT2D eigenvalue weighted by Crippen LogP contribution is 2.26. The molecule has 0 fully saturated rings. The SMILES string of the molecule is Cc1nc2c(c(OCC(F)(F)F)cn2C)c(=O)n1Cc1ccc(Cl)cc1. The molecule has 0 unspecified atom stereocenters. The topological polar surface area (TPSA) is 49.1 Å². The maximum absolute atomic E-state index is 12.9. The quantitative estimate of drug-likeness (QED) is 0.688. The van der Waals surface area contributed by atoms with Gasteiger partial charge in [-0.3, -0.25) is 9.36 Å². The molecule has 0 bridgehead atoms. The molecular weight excluding hydrogens is 371 g/mol. The molecule has 0 N–H and O–H groups in total. The lowest BCUT2D eigenvalue weighted by Crippen LogP contribution is -2.25. The molecule has 9 heteroatoms. The van der Waals surface area contributed by atoms with Gasteiger partial charge >= 0.3 is 6.18 Å². The Hall–Kier alpha value is -2.48. The fourth-order valence-corrected chi connectivity index (χ4v) is 2.77. The van der Waals surface area contributed by atoms with Crippen LogP contribution in [0.3, 0.4) is 0 Å². The van der Waals surface area contributed by atoms with E-state index in [1.54, 1.807) is 38.2 Å². The Labute approximate surface area is 151 Å². The summed E-state index contributed by atoms with van der Waals surface area (Å²) < 4.78 is 45.1. The molecule has 0 atom stereocenters. The molecule has 26 heavy (non-hydrogen) atoms. The molecule has 3 aromatic rings. The van der Waals surface area contributed by atoms with E-state index in [9.17, 15) is 18.0 Å². The molecule has 0 aliphatic heterocycles. The largest absolute Gasteiger partial charge is 0.482 e. The van der Waals surface area contributed by atoms with E-state index in [1.807, 2.05) is 0 Å². The van der Waals surface area contributed by atoms with E-state index in [4.69, 9.17) is 16.3 Å². The molecule has 0 radical (unpaired) electrons. The van der Waals surface area contributed by atoms with Crippen molar-refractivity contribution in [3.63, 3.8) is 0 Å². The first-order chi connectivity index (χ1) is 12.2. The van der Waals surface area contributed by atoms with Gasteiger partial charge in [-0.1, -0.05) is 23.7 Å². The summed E-state index contributed by atoms with van der Waals surface area (Å²) in [6.45, 7) is 0.412. The molecule has 0 aliphatic rings. The zero-order valence-electron chi connectivity index (χ0n) is 14.0. The number of benzene rings is 1. The number of fused-ring (bicyclic) bond motifs is 1. The summed E-state index contributed by atoms with van der Waals surface area (Å²) >= 11 is 5.86. The zero-order valence-corrected chi connectivity index (χ0v) is 14.7. The van der Waals surface area contributed by atoms with Crippen molar-refractivity contribution >= 4 is 22.6 Å². The van der Waals surface area contributed by atoms with Crippen molar-refractivity contribution in [3.05, 3.63) is 57.2 Å². The highest BCUT2D eigenvalue weighted by molar-refractivity contribution is 6.30. The Morgan fingerprint density at radius 1 is 1.23 bits per heavy atom. The third kappa shape index (κ3) is 3.70. The fourth-order valence-electron chi connectivity index (χ4n) is 2.65. The second kappa shape index (κ2) is 6.68. The second-order valence-corrected chi connectivity index (χ2v) is 6.32. The van der Waals surface area contributed by atoms with Gasteiger partial charge in [0.15, 0.2) is 18.0 Å². The monoisotopic (exact) mass is 385 g/mol. The van der Waals surface area contributed by atoms with Crippen LogP contribution in [-0.4, -0.2) is 26.9 Å². The lowest BCUT2D eigenvalue weighted by atomic mass is 10.2. The number of hydrogen-bond acceptors (Lipinski definition) is 3. The molecule has 5 nitrogen and oxygen atoms in total. The maximum atomic E-state index is 12.9. The van der Waals surface area contributed by atoms with Crippen LogP contribution >= 0.6 is 11.6 Å². The molecule has 0 saturated carbocycles. The smallest absolute Gasteiger partial charge is 0.422 e. The minimum atomic E-state index is -4.50. The third-order valence-corrected chi connectivity index (χ3v) is 4.13. The Balaban J connectivity index is 2.07. The van der Waals surface area contributed by atoms with Gasteiger partial charge in [0.1, 0.15) is 11.2 Å². The molecule has 138 valence electrons. The van der Waals surface area contributed by atoms with Crippen LogP contribution in [0.4, 0.5) is 13.2 Å². The number of ether oxygens (including phenoxy) is 1. The van der Waals surface area contributed by atoms with Crippen LogP contribution in [0, 0.1) is 6.92 Å². The molecule has 1 aromatic carbocycles. The van der Waals surface area contributed by atoms with Crippen LogP contribution in [0.25, 0.3) is 11.0 Å². The number of aryl methyl sites for hydroxylation is 2. The van der Waals surface area contributed by atoms with E-state index in [-0.39, 0.29) is 23.3 Å². The van der Waals surface area contributed by atoms with Crippen LogP contribution < -0.4 is 10.3 Å². The average Bonchev–Trinajstić information content (AvgIpc) is 2.87. The maximum Gasteiger partial charge on any atom is 0.422 e. The number of alkyl halides is 3. The Bertz CT molecular complexity index is 1010. The van der Waals surface area contributed by atoms with E-state index in [1.165, 1.54) is 15.3 Å². The van der Waals surface area contributed by atoms with Crippen molar-refractivity contribution in [1.82, 2.24) is 14.1 Å². The molecule has 2 heterocycles. The number of aromatic nitrogens is 3. The van der Waals surface area contributed by atoms with Crippen LogP contribution in [0.15, 0.2) is 35.3 Å². The highest BCUT2D eigenvalue weighted by atomic mass is 35.5. The number of halogens is 4. The van der Waals surface area contributed by atoms with Gasteiger partial charge in [0, 0.05) is 18.3 Å². The van der Waals surface area contributed by atoms with Crippen molar-refractivity contribution in [3.8, 4) is 5.75 Å². The average molecular weight is 386 g/mol. The van der Waals surface area contributed by atoms with Crippen molar-refractivity contribution in [2.24, 2.45) is 7.05 Å². The lowest BCUT2D eigenvalue weighted by Gasteiger charge is -2.11. The number of hydrogen-bond donors (Lipinski definition) is 0. The van der Waals surface area contributed by atoms with Gasteiger partial charge < -0.3 is 9.30 Å². The first kappa shape index (κ1) is 18.3. The summed E-state index contributed by atoms with van der Waals surface area (Å²) in [6, 6.07) is 6.93. The van der Waals surface area contributed by atoms with E-state index in [2.05, 4.69) is 4.98 Å². The van der Waals surface area contributed by atoms with Crippen LogP contribution in [0.1, 0.15) is 11.4 Å². The van der Waals surface area contributed by atoms with Gasteiger partial charge in [0.05, 0.1) is 6.54 Å². The first-order valence-corrected chi connectivity index (χ1v) is 8.04. The van der Waals surface area contributed by atoms with Crippen LogP contribution in [-0.2, 0) is 13.6 Å². The normalized spacial score (nSPS) is 11.9. The van der Waals surface area contributed by atoms with Crippen molar-refractivity contribution in [2.75, 3.05) is 6.61 Å². The van der Waals surface area contributed by atoms with Crippen molar-refractivity contribution < 1.29 is 17.9 Å². The molecule has 2 aromatic heterocycles. The van der Waals surface area contributed by atoms with E-state index in [0.29, 0.717) is 10.8 Å². The predicted molar refractivity (Wildman–Crippen MR) is 91.8 cm³/mol. The van der Waals surface area contributed by atoms with Gasteiger partial charge in [0.25, 0.3) is 5.56 Å². The number of rotatable bonds is 4. The summed E-state index contributed by atoms with van der Waals surface area (Å²) in [5.41, 5.74) is 0.631. The molecule has 3 rings (SSSR count). The minimum absolute atomic E-state index is 0.0244. The molecule has 0 spiro atoms. The molecule has 0 saturated heterocycles. The fraction of sp³-hybridized carbons (Fsp3) is 0.294. The summed E-state index contributed by atoms with van der Waals surface area (Å²) in [5, 5.41) is 0.591. The summed E-state index contributed by atoms with van der Waals surface area (Å²) in [7, 11) is 1.60. The van der Waals surface area contributed by atoms with E-state index >= 15 is 0 Å². The number of nitrogens with zero attached hydrogens (tertiary/aromatic N) is 3. The summed E-state index contributed by atoms with van der Waals surface area (Å²) in [5.74, 6) is 0.309. The van der Waals surface area contributed by atoms with E-state index in [0.717, 1.165) is 5.56 Å². The van der Waals surface area contributed by atoms with Gasteiger partial charge in [-0.15, -0.1) is 0 Å². The van der Waals surface area contributed by atoms with Gasteiger partial charge in [-0.2, -0.15) is 13.2 Å². The highest BCUT2D eigenvalue weighted by Gasteiger charge is 2.29. The van der Waals surface area contributed by atoms with Crippen LogP contribution in [0.5, 0.6) is 5.75 Å². The van der Waals surface area contributed by atoms with Crippen molar-refractivity contribution in [1.29, 1.82) is 0 Å². The third-order valence-electron chi connectivity index (χ3n) is 3.88. The lowest BCUT2D eigenvalue weighted by molar-refractivity contribution is -0.153. The Morgan fingerprint density at radius 2 is 1.88 bits per heavy atom. The summed E-state index contributed by atoms with van der Waals surface area (Å²) in [4.78, 5) is 17.3. The molecule has 0 amide bonds. The molecule has 0 aliphatic carbocycles. The second-order valence-electron chi connectivity index (χ2n) is 5.88. The van der Waals surface area contributed by atoms with E-state index < -0.39 is 18.3 Å². The van der Waals surface area contributed by atoms with Gasteiger partial charge in [0.2, 0.25) is 0 Å². The minimum Gasteiger partial charge on any atom is -0.482 e. The standard InChI is InChI=1S/C17H15ClF3N3O2/c1-10-22-15-14(13(8-23(15)2)26-9-17(19,20)21)16(25)24(10)7-11-3-5-12(18)6-4-11/h3-6,8H,7,9H2,1-2H3. The van der Waals surface area contributed by atoms with Gasteiger partial charge in [-0.05, 0) is 24.6 Å². The van der Waals surface area contributed by atoms with Crippen molar-refractivity contribution in [2.45, 2.75) is 19.6 Å². The van der Waals surface area contributed by atoms with Gasteiger partial charge in [-0.25, -0.2) is 4.98 Å². The molecular formula is C17H15ClF3N3O2.